The third-order valence-electron chi connectivity index (χ3n) is 6.93. The Hall–Kier alpha value is -1.98. The highest BCUT2D eigenvalue weighted by molar-refractivity contribution is 5.81. The van der Waals surface area contributed by atoms with Gasteiger partial charge in [0, 0.05) is 36.8 Å². The first-order chi connectivity index (χ1) is 14.3. The first-order valence-corrected chi connectivity index (χ1v) is 11.4. The second-order valence-electron chi connectivity index (χ2n) is 9.12. The van der Waals surface area contributed by atoms with E-state index >= 15 is 0 Å². The van der Waals surface area contributed by atoms with Crippen LogP contribution >= 0.6 is 0 Å². The second kappa shape index (κ2) is 8.41. The molecule has 5 heteroatoms. The van der Waals surface area contributed by atoms with Crippen molar-refractivity contribution < 1.29 is 4.79 Å². The van der Waals surface area contributed by atoms with E-state index in [2.05, 4.69) is 44.4 Å². The van der Waals surface area contributed by atoms with E-state index in [1.54, 1.807) is 0 Å². The maximum atomic E-state index is 12.5. The van der Waals surface area contributed by atoms with Crippen molar-refractivity contribution in [3.8, 4) is 0 Å². The zero-order valence-corrected chi connectivity index (χ0v) is 17.2. The van der Waals surface area contributed by atoms with Gasteiger partial charge in [-0.15, -0.1) is 0 Å². The van der Waals surface area contributed by atoms with Gasteiger partial charge in [0.15, 0.2) is 0 Å². The number of carbonyl (C=O) groups is 1. The molecule has 1 aromatic heterocycles. The third kappa shape index (κ3) is 4.46. The first-order valence-electron chi connectivity index (χ1n) is 11.4. The number of nitrogens with one attached hydrogen (secondary N) is 1. The summed E-state index contributed by atoms with van der Waals surface area (Å²) in [5.74, 6) is 0.502. The van der Waals surface area contributed by atoms with Gasteiger partial charge in [0.05, 0.1) is 11.4 Å². The Bertz CT molecular complexity index is 852. The molecule has 5 rings (SSSR count). The average Bonchev–Trinajstić information content (AvgIpc) is 3.59. The van der Waals surface area contributed by atoms with Crippen LogP contribution in [0.3, 0.4) is 0 Å². The summed E-state index contributed by atoms with van der Waals surface area (Å²) in [4.78, 5) is 22.3. The molecule has 2 saturated heterocycles. The summed E-state index contributed by atoms with van der Waals surface area (Å²) >= 11 is 0. The smallest absolute Gasteiger partial charge is 0.224 e. The maximum absolute atomic E-state index is 12.5. The van der Waals surface area contributed by atoms with Gasteiger partial charge >= 0.3 is 0 Å². The molecule has 0 bridgehead atoms. The predicted octanol–water partition coefficient (Wildman–Crippen LogP) is 3.19. The van der Waals surface area contributed by atoms with Crippen LogP contribution in [0.5, 0.6) is 0 Å². The molecule has 1 N–H and O–H groups in total. The molecule has 3 aliphatic rings. The molecule has 0 spiro atoms. The van der Waals surface area contributed by atoms with Crippen LogP contribution < -0.4 is 5.32 Å². The third-order valence-corrected chi connectivity index (χ3v) is 6.93. The number of fused-ring (bicyclic) bond motifs is 1. The number of rotatable bonds is 5. The van der Waals surface area contributed by atoms with Crippen LogP contribution in [0.2, 0.25) is 0 Å². The number of likely N-dealkylation sites (tertiary alicyclic amines) is 2. The lowest BCUT2D eigenvalue weighted by Gasteiger charge is -2.42. The van der Waals surface area contributed by atoms with Crippen molar-refractivity contribution in [1.82, 2.24) is 20.1 Å². The maximum Gasteiger partial charge on any atom is 0.224 e. The molecule has 1 aliphatic carbocycles. The quantitative estimate of drug-likeness (QED) is 0.849. The van der Waals surface area contributed by atoms with Crippen molar-refractivity contribution in [2.45, 2.75) is 57.2 Å². The Balaban J connectivity index is 1.15. The monoisotopic (exact) mass is 392 g/mol. The minimum Gasteiger partial charge on any atom is -0.353 e. The lowest BCUT2D eigenvalue weighted by atomic mass is 9.93. The minimum atomic E-state index is 0.198. The fraction of sp³-hybridized carbons (Fsp3) is 0.583. The van der Waals surface area contributed by atoms with E-state index in [1.165, 1.54) is 36.6 Å². The van der Waals surface area contributed by atoms with Gasteiger partial charge in [0.25, 0.3) is 0 Å². The van der Waals surface area contributed by atoms with Crippen LogP contribution in [0.25, 0.3) is 10.9 Å². The van der Waals surface area contributed by atoms with E-state index in [1.807, 2.05) is 12.3 Å². The van der Waals surface area contributed by atoms with Crippen LogP contribution in [0.1, 0.15) is 44.1 Å². The van der Waals surface area contributed by atoms with Crippen LogP contribution in [0, 0.1) is 5.92 Å². The first kappa shape index (κ1) is 19.0. The summed E-state index contributed by atoms with van der Waals surface area (Å²) in [7, 11) is 0. The van der Waals surface area contributed by atoms with Crippen molar-refractivity contribution in [3.63, 3.8) is 0 Å². The molecule has 5 nitrogen and oxygen atoms in total. The van der Waals surface area contributed by atoms with E-state index in [4.69, 9.17) is 0 Å². The highest BCUT2D eigenvalue weighted by Gasteiger charge is 2.33. The number of pyridine rings is 1. The topological polar surface area (TPSA) is 48.5 Å². The Morgan fingerprint density at radius 3 is 2.69 bits per heavy atom. The summed E-state index contributed by atoms with van der Waals surface area (Å²) in [5, 5.41) is 4.44. The van der Waals surface area contributed by atoms with Gasteiger partial charge in [-0.3, -0.25) is 19.6 Å². The fourth-order valence-corrected chi connectivity index (χ4v) is 5.08. The fourth-order valence-electron chi connectivity index (χ4n) is 5.08. The largest absolute Gasteiger partial charge is 0.353 e. The Morgan fingerprint density at radius 2 is 1.86 bits per heavy atom. The number of para-hydroxylation sites is 1. The highest BCUT2D eigenvalue weighted by Crippen LogP contribution is 2.27. The van der Waals surface area contributed by atoms with Crippen molar-refractivity contribution in [3.05, 3.63) is 42.1 Å². The number of piperidine rings is 2. The van der Waals surface area contributed by atoms with Gasteiger partial charge in [-0.25, -0.2) is 0 Å². The molecule has 1 atom stereocenters. The molecule has 1 saturated carbocycles. The van der Waals surface area contributed by atoms with Crippen LogP contribution in [0.15, 0.2) is 36.5 Å². The van der Waals surface area contributed by atoms with Gasteiger partial charge < -0.3 is 5.32 Å². The normalized spacial score (nSPS) is 24.6. The van der Waals surface area contributed by atoms with E-state index in [-0.39, 0.29) is 5.92 Å². The summed E-state index contributed by atoms with van der Waals surface area (Å²) in [6.45, 7) is 5.35. The number of nitrogens with zero attached hydrogens (tertiary/aromatic N) is 3. The molecule has 29 heavy (non-hydrogen) atoms. The zero-order valence-electron chi connectivity index (χ0n) is 17.2. The summed E-state index contributed by atoms with van der Waals surface area (Å²) in [6.07, 6.45) is 8.86. The molecule has 1 amide bonds. The highest BCUT2D eigenvalue weighted by atomic mass is 16.2. The van der Waals surface area contributed by atoms with Gasteiger partial charge in [-0.2, -0.15) is 0 Å². The van der Waals surface area contributed by atoms with Gasteiger partial charge in [-0.1, -0.05) is 24.3 Å². The number of carbonyl (C=O) groups excluding carboxylic acids is 1. The lowest BCUT2D eigenvalue weighted by molar-refractivity contribution is -0.127. The SMILES string of the molecule is O=C(NC1CC1)[C@H]1CCCN(C2CCN(Cc3cccc4cccnc34)CC2)C1. The molecular weight excluding hydrogens is 360 g/mol. The van der Waals surface area contributed by atoms with E-state index in [0.717, 1.165) is 51.1 Å². The van der Waals surface area contributed by atoms with Gasteiger partial charge in [0.2, 0.25) is 5.91 Å². The van der Waals surface area contributed by atoms with E-state index in [0.29, 0.717) is 18.0 Å². The number of benzene rings is 1. The number of hydrogen-bond acceptors (Lipinski definition) is 4. The molecule has 2 aromatic rings. The number of amides is 1. The average molecular weight is 393 g/mol. The molecule has 1 aromatic carbocycles. The Kier molecular flexibility index (Phi) is 5.51. The zero-order chi connectivity index (χ0) is 19.6. The number of hydrogen-bond donors (Lipinski definition) is 1. The summed E-state index contributed by atoms with van der Waals surface area (Å²) < 4.78 is 0. The van der Waals surface area contributed by atoms with Gasteiger partial charge in [-0.05, 0) is 69.8 Å². The summed E-state index contributed by atoms with van der Waals surface area (Å²) in [6, 6.07) is 11.8. The summed E-state index contributed by atoms with van der Waals surface area (Å²) in [5.41, 5.74) is 2.47. The van der Waals surface area contributed by atoms with Crippen molar-refractivity contribution in [1.29, 1.82) is 0 Å². The van der Waals surface area contributed by atoms with Crippen molar-refractivity contribution in [2.24, 2.45) is 5.92 Å². The van der Waals surface area contributed by atoms with Crippen LogP contribution in [-0.2, 0) is 11.3 Å². The molecular formula is C24H32N4O. The molecule has 3 fully saturated rings. The van der Waals surface area contributed by atoms with Crippen molar-refractivity contribution >= 4 is 16.8 Å². The lowest BCUT2D eigenvalue weighted by Crippen LogP contribution is -2.50. The Morgan fingerprint density at radius 1 is 1.03 bits per heavy atom. The predicted molar refractivity (Wildman–Crippen MR) is 116 cm³/mol. The second-order valence-corrected chi connectivity index (χ2v) is 9.12. The van der Waals surface area contributed by atoms with Crippen LogP contribution in [0.4, 0.5) is 0 Å². The molecule has 0 unspecified atom stereocenters. The molecule has 2 aliphatic heterocycles. The van der Waals surface area contributed by atoms with E-state index in [9.17, 15) is 4.79 Å². The van der Waals surface area contributed by atoms with E-state index < -0.39 is 0 Å². The standard InChI is InChI=1S/C24H32N4O/c29-24(26-21-8-9-21)20-7-3-13-28(17-20)22-10-14-27(15-11-22)16-19-5-1-4-18-6-2-12-25-23(18)19/h1-2,4-6,12,20-22H,3,7-11,13-17H2,(H,26,29)/t20-/m0/s1. The van der Waals surface area contributed by atoms with Crippen LogP contribution in [-0.4, -0.2) is 59.0 Å². The van der Waals surface area contributed by atoms with Crippen molar-refractivity contribution in [2.75, 3.05) is 26.2 Å². The minimum absolute atomic E-state index is 0.198. The molecule has 0 radical (unpaired) electrons. The Labute approximate surface area is 173 Å². The number of aromatic nitrogens is 1. The van der Waals surface area contributed by atoms with Gasteiger partial charge in [0.1, 0.15) is 0 Å². The molecule has 154 valence electrons. The molecule has 3 heterocycles.